The van der Waals surface area contributed by atoms with Gasteiger partial charge in [0.15, 0.2) is 4.77 Å². The maximum absolute atomic E-state index is 13.0. The molecule has 0 saturated carbocycles. The molecule has 3 rings (SSSR count). The Morgan fingerprint density at radius 3 is 2.58 bits per heavy atom. The second-order valence-corrected chi connectivity index (χ2v) is 6.54. The second kappa shape index (κ2) is 6.88. The van der Waals surface area contributed by atoms with Gasteiger partial charge in [0.05, 0.1) is 6.67 Å². The third kappa shape index (κ3) is 3.41. The molecule has 0 aliphatic rings. The van der Waals surface area contributed by atoms with E-state index in [9.17, 15) is 13.2 Å². The zero-order valence-corrected chi connectivity index (χ0v) is 15.5. The van der Waals surface area contributed by atoms with E-state index in [2.05, 4.69) is 5.10 Å². The molecule has 140 valence electrons. The van der Waals surface area contributed by atoms with Gasteiger partial charge in [0.25, 0.3) is 0 Å². The van der Waals surface area contributed by atoms with Gasteiger partial charge in [0.1, 0.15) is 11.3 Å². The Labute approximate surface area is 153 Å². The molecule has 0 aliphatic carbocycles. The Morgan fingerprint density at radius 1 is 1.27 bits per heavy atom. The average molecular weight is 384 g/mol. The Morgan fingerprint density at radius 2 is 1.96 bits per heavy atom. The lowest BCUT2D eigenvalue weighted by Gasteiger charge is -2.16. The van der Waals surface area contributed by atoms with Crippen LogP contribution in [-0.2, 0) is 32.9 Å². The highest BCUT2D eigenvalue weighted by Crippen LogP contribution is 2.29. The van der Waals surface area contributed by atoms with Gasteiger partial charge in [0.2, 0.25) is 5.82 Å². The first-order valence-corrected chi connectivity index (χ1v) is 8.52. The van der Waals surface area contributed by atoms with E-state index in [1.165, 1.54) is 11.7 Å². The Hall–Kier alpha value is -2.13. The van der Waals surface area contributed by atoms with Gasteiger partial charge in [-0.2, -0.15) is 13.2 Å². The number of furan rings is 1. The maximum atomic E-state index is 13.0. The van der Waals surface area contributed by atoms with Crippen LogP contribution in [0.3, 0.4) is 0 Å². The van der Waals surface area contributed by atoms with Crippen LogP contribution in [0.2, 0.25) is 0 Å². The molecule has 5 nitrogen and oxygen atoms in total. The molecular formula is C17H19F3N4OS. The first-order chi connectivity index (χ1) is 12.2. The van der Waals surface area contributed by atoms with Crippen LogP contribution in [-0.4, -0.2) is 26.3 Å². The first kappa shape index (κ1) is 18.7. The summed E-state index contributed by atoms with van der Waals surface area (Å²) >= 11 is 5.09. The maximum Gasteiger partial charge on any atom is 0.451 e. The topological polar surface area (TPSA) is 39.1 Å². The quantitative estimate of drug-likeness (QED) is 0.613. The number of para-hydroxylation sites is 1. The van der Waals surface area contributed by atoms with Crippen LogP contribution >= 0.6 is 12.2 Å². The van der Waals surface area contributed by atoms with Gasteiger partial charge < -0.3 is 4.42 Å². The summed E-state index contributed by atoms with van der Waals surface area (Å²) in [6, 6.07) is 7.73. The average Bonchev–Trinajstić information content (AvgIpc) is 3.07. The number of fused-ring (bicyclic) bond motifs is 1. The van der Waals surface area contributed by atoms with Gasteiger partial charge in [0, 0.05) is 31.0 Å². The van der Waals surface area contributed by atoms with E-state index >= 15 is 0 Å². The van der Waals surface area contributed by atoms with Gasteiger partial charge >= 0.3 is 6.18 Å². The van der Waals surface area contributed by atoms with Crippen LogP contribution in [0.4, 0.5) is 13.2 Å². The van der Waals surface area contributed by atoms with Crippen LogP contribution in [0, 0.1) is 4.77 Å². The zero-order chi connectivity index (χ0) is 19.1. The summed E-state index contributed by atoms with van der Waals surface area (Å²) in [4.78, 5) is 1.86. The highest BCUT2D eigenvalue weighted by Gasteiger charge is 2.37. The molecule has 0 unspecified atom stereocenters. The van der Waals surface area contributed by atoms with E-state index in [-0.39, 0.29) is 11.4 Å². The van der Waals surface area contributed by atoms with E-state index in [1.54, 1.807) is 0 Å². The van der Waals surface area contributed by atoms with Crippen molar-refractivity contribution in [2.75, 3.05) is 7.05 Å². The fraction of sp³-hybridized carbons (Fsp3) is 0.412. The molecule has 0 fully saturated rings. The molecular weight excluding hydrogens is 365 g/mol. The minimum Gasteiger partial charge on any atom is -0.461 e. The van der Waals surface area contributed by atoms with E-state index in [0.717, 1.165) is 33.3 Å². The Balaban J connectivity index is 1.87. The number of hydrogen-bond acceptors (Lipinski definition) is 4. The summed E-state index contributed by atoms with van der Waals surface area (Å²) in [5, 5.41) is 4.65. The number of hydrogen-bond donors (Lipinski definition) is 0. The molecule has 3 aromatic rings. The number of alkyl halides is 3. The molecule has 2 heterocycles. The SMILES string of the molecule is CCc1oc2ccccc2c1CN(C)Cn1nc(C(F)(F)F)n(C)c1=S. The Kier molecular flexibility index (Phi) is 4.94. The second-order valence-electron chi connectivity index (χ2n) is 6.17. The lowest BCUT2D eigenvalue weighted by molar-refractivity contribution is -0.147. The van der Waals surface area contributed by atoms with Crippen molar-refractivity contribution in [3.63, 3.8) is 0 Å². The van der Waals surface area contributed by atoms with Crippen molar-refractivity contribution in [2.45, 2.75) is 32.7 Å². The third-order valence-electron chi connectivity index (χ3n) is 4.20. The predicted molar refractivity (Wildman–Crippen MR) is 94.1 cm³/mol. The standard InChI is InChI=1S/C17H19F3N4OS/c1-4-13-12(11-7-5-6-8-14(11)25-13)9-22(2)10-24-16(26)23(3)15(21-24)17(18,19)20/h5-8H,4,9-10H2,1-3H3. The van der Waals surface area contributed by atoms with E-state index in [1.807, 2.05) is 43.1 Å². The molecule has 0 N–H and O–H groups in total. The van der Waals surface area contributed by atoms with Gasteiger partial charge in [-0.05, 0) is 25.3 Å². The lowest BCUT2D eigenvalue weighted by atomic mass is 10.1. The normalized spacial score (nSPS) is 12.4. The fourth-order valence-corrected chi connectivity index (χ4v) is 3.17. The Bertz CT molecular complexity index is 986. The minimum atomic E-state index is -4.54. The van der Waals surface area contributed by atoms with Crippen LogP contribution in [0.25, 0.3) is 11.0 Å². The number of nitrogens with zero attached hydrogens (tertiary/aromatic N) is 4. The van der Waals surface area contributed by atoms with Crippen molar-refractivity contribution in [3.05, 3.63) is 46.2 Å². The van der Waals surface area contributed by atoms with Gasteiger partial charge in [-0.25, -0.2) is 4.68 Å². The summed E-state index contributed by atoms with van der Waals surface area (Å²) in [5.74, 6) is -0.127. The molecule has 0 saturated heterocycles. The summed E-state index contributed by atoms with van der Waals surface area (Å²) in [7, 11) is 3.08. The molecule has 0 atom stereocenters. The zero-order valence-electron chi connectivity index (χ0n) is 14.7. The summed E-state index contributed by atoms with van der Waals surface area (Å²) in [6.45, 7) is 2.66. The number of halogens is 3. The molecule has 0 amide bonds. The van der Waals surface area contributed by atoms with Gasteiger partial charge in [-0.15, -0.1) is 5.10 Å². The molecule has 0 radical (unpaired) electrons. The largest absolute Gasteiger partial charge is 0.461 e. The smallest absolute Gasteiger partial charge is 0.451 e. The molecule has 9 heteroatoms. The highest BCUT2D eigenvalue weighted by molar-refractivity contribution is 7.71. The van der Waals surface area contributed by atoms with Gasteiger partial charge in [-0.1, -0.05) is 25.1 Å². The van der Waals surface area contributed by atoms with Crippen LogP contribution < -0.4 is 0 Å². The summed E-state index contributed by atoms with van der Waals surface area (Å²) < 4.78 is 46.9. The van der Waals surface area contributed by atoms with E-state index in [4.69, 9.17) is 16.6 Å². The number of benzene rings is 1. The monoisotopic (exact) mass is 384 g/mol. The van der Waals surface area contributed by atoms with Crippen LogP contribution in [0.1, 0.15) is 24.1 Å². The predicted octanol–water partition coefficient (Wildman–Crippen LogP) is 4.37. The highest BCUT2D eigenvalue weighted by atomic mass is 32.1. The van der Waals surface area contributed by atoms with Crippen LogP contribution in [0.15, 0.2) is 28.7 Å². The number of aryl methyl sites for hydroxylation is 1. The molecule has 0 aliphatic heterocycles. The molecule has 2 aromatic heterocycles. The summed E-state index contributed by atoms with van der Waals surface area (Å²) in [5.41, 5.74) is 1.84. The van der Waals surface area contributed by atoms with Crippen LogP contribution in [0.5, 0.6) is 0 Å². The van der Waals surface area contributed by atoms with Crippen molar-refractivity contribution in [1.82, 2.24) is 19.2 Å². The minimum absolute atomic E-state index is 0.0249. The summed E-state index contributed by atoms with van der Waals surface area (Å²) in [6.07, 6.45) is -3.80. The fourth-order valence-electron chi connectivity index (χ4n) is 2.98. The van der Waals surface area contributed by atoms with Gasteiger partial charge in [-0.3, -0.25) is 9.47 Å². The number of aromatic nitrogens is 3. The molecule has 26 heavy (non-hydrogen) atoms. The van der Waals surface area contributed by atoms with E-state index in [0.29, 0.717) is 6.54 Å². The third-order valence-corrected chi connectivity index (χ3v) is 4.69. The first-order valence-electron chi connectivity index (χ1n) is 8.11. The van der Waals surface area contributed by atoms with Crippen molar-refractivity contribution in [2.24, 2.45) is 7.05 Å². The van der Waals surface area contributed by atoms with Crippen molar-refractivity contribution >= 4 is 23.2 Å². The van der Waals surface area contributed by atoms with Crippen molar-refractivity contribution < 1.29 is 17.6 Å². The van der Waals surface area contributed by atoms with Crippen molar-refractivity contribution in [1.29, 1.82) is 0 Å². The lowest BCUT2D eigenvalue weighted by Crippen LogP contribution is -2.23. The van der Waals surface area contributed by atoms with E-state index < -0.39 is 12.0 Å². The molecule has 1 aromatic carbocycles. The van der Waals surface area contributed by atoms with Crippen molar-refractivity contribution in [3.8, 4) is 0 Å². The molecule has 0 bridgehead atoms. The molecule has 0 spiro atoms. The number of rotatable bonds is 5.